The van der Waals surface area contributed by atoms with E-state index in [0.717, 1.165) is 28.2 Å². The summed E-state index contributed by atoms with van der Waals surface area (Å²) in [5.41, 5.74) is 1.15. The third kappa shape index (κ3) is 4.26. The number of ether oxygens (including phenoxy) is 1. The number of nitrogens with one attached hydrogen (secondary N) is 1. The van der Waals surface area contributed by atoms with E-state index in [2.05, 4.69) is 40.2 Å². The van der Waals surface area contributed by atoms with Crippen LogP contribution in [0.3, 0.4) is 0 Å². The molecule has 1 aliphatic rings. The lowest BCUT2D eigenvalue weighted by Crippen LogP contribution is -2.31. The van der Waals surface area contributed by atoms with Gasteiger partial charge < -0.3 is 10.1 Å². The van der Waals surface area contributed by atoms with Gasteiger partial charge in [-0.25, -0.2) is 0 Å². The lowest BCUT2D eigenvalue weighted by Gasteiger charge is -2.21. The van der Waals surface area contributed by atoms with Crippen molar-refractivity contribution in [2.75, 3.05) is 6.61 Å². The Morgan fingerprint density at radius 3 is 2.90 bits per heavy atom. The van der Waals surface area contributed by atoms with Crippen LogP contribution >= 0.6 is 15.9 Å². The van der Waals surface area contributed by atoms with E-state index >= 15 is 0 Å². The highest BCUT2D eigenvalue weighted by Gasteiger charge is 2.21. The maximum absolute atomic E-state index is 5.60. The molecular weight excluding hydrogens is 314 g/mol. The fourth-order valence-corrected chi connectivity index (χ4v) is 3.25. The molecule has 3 heteroatoms. The third-order valence-corrected chi connectivity index (χ3v) is 4.55. The van der Waals surface area contributed by atoms with Crippen molar-refractivity contribution in [2.45, 2.75) is 45.2 Å². The molecule has 1 fully saturated rings. The molecular formula is C17H22BrNO. The average molecular weight is 336 g/mol. The predicted octanol–water partition coefficient (Wildman–Crippen LogP) is 4.13. The molecule has 0 aliphatic heterocycles. The molecule has 108 valence electrons. The zero-order valence-corrected chi connectivity index (χ0v) is 13.6. The number of benzene rings is 1. The van der Waals surface area contributed by atoms with Gasteiger partial charge in [0.1, 0.15) is 12.4 Å². The Kier molecular flexibility index (Phi) is 5.94. The van der Waals surface area contributed by atoms with Crippen LogP contribution in [0.2, 0.25) is 0 Å². The van der Waals surface area contributed by atoms with E-state index in [4.69, 9.17) is 11.2 Å². The molecule has 0 heterocycles. The fraction of sp³-hybridized carbons (Fsp3) is 0.529. The molecule has 1 atom stereocenters. The van der Waals surface area contributed by atoms with Gasteiger partial charge in [0.15, 0.2) is 0 Å². The smallest absolute Gasteiger partial charge is 0.148 e. The van der Waals surface area contributed by atoms with Crippen molar-refractivity contribution in [1.82, 2.24) is 5.32 Å². The SMILES string of the molecule is C#CCOc1ccc(Br)cc1CN[C@H](C)C1CCCC1. The summed E-state index contributed by atoms with van der Waals surface area (Å²) in [6.45, 7) is 3.42. The van der Waals surface area contributed by atoms with E-state index < -0.39 is 0 Å². The minimum absolute atomic E-state index is 0.312. The molecule has 0 bridgehead atoms. The molecule has 1 N–H and O–H groups in total. The van der Waals surface area contributed by atoms with E-state index in [1.807, 2.05) is 12.1 Å². The van der Waals surface area contributed by atoms with Crippen LogP contribution in [0.4, 0.5) is 0 Å². The maximum atomic E-state index is 5.60. The summed E-state index contributed by atoms with van der Waals surface area (Å²) in [7, 11) is 0. The topological polar surface area (TPSA) is 21.3 Å². The molecule has 0 spiro atoms. The van der Waals surface area contributed by atoms with Gasteiger partial charge in [0.2, 0.25) is 0 Å². The number of terminal acetylenes is 1. The highest BCUT2D eigenvalue weighted by molar-refractivity contribution is 9.10. The Hall–Kier alpha value is -0.980. The van der Waals surface area contributed by atoms with Gasteiger partial charge in [0.25, 0.3) is 0 Å². The van der Waals surface area contributed by atoms with E-state index in [-0.39, 0.29) is 0 Å². The van der Waals surface area contributed by atoms with Crippen molar-refractivity contribution in [3.8, 4) is 18.1 Å². The van der Waals surface area contributed by atoms with Crippen molar-refractivity contribution in [3.63, 3.8) is 0 Å². The van der Waals surface area contributed by atoms with Crippen LogP contribution in [0.5, 0.6) is 5.75 Å². The van der Waals surface area contributed by atoms with Crippen molar-refractivity contribution in [1.29, 1.82) is 0 Å². The Balaban J connectivity index is 1.96. The normalized spacial score (nSPS) is 16.9. The fourth-order valence-electron chi connectivity index (χ4n) is 2.84. The first-order valence-corrected chi connectivity index (χ1v) is 8.08. The summed E-state index contributed by atoms with van der Waals surface area (Å²) in [6.07, 6.45) is 10.7. The second-order valence-electron chi connectivity index (χ2n) is 5.46. The summed E-state index contributed by atoms with van der Waals surface area (Å²) in [5.74, 6) is 4.20. The number of hydrogen-bond acceptors (Lipinski definition) is 2. The predicted molar refractivity (Wildman–Crippen MR) is 86.7 cm³/mol. The van der Waals surface area contributed by atoms with Gasteiger partial charge in [-0.1, -0.05) is 34.7 Å². The van der Waals surface area contributed by atoms with Gasteiger partial charge >= 0.3 is 0 Å². The monoisotopic (exact) mass is 335 g/mol. The minimum Gasteiger partial charge on any atom is -0.481 e. The van der Waals surface area contributed by atoms with Gasteiger partial charge in [0, 0.05) is 22.6 Å². The van der Waals surface area contributed by atoms with Crippen LogP contribution in [0, 0.1) is 18.3 Å². The van der Waals surface area contributed by atoms with Crippen LogP contribution < -0.4 is 10.1 Å². The molecule has 1 aromatic carbocycles. The van der Waals surface area contributed by atoms with Crippen LogP contribution in [0.1, 0.15) is 38.2 Å². The van der Waals surface area contributed by atoms with Crippen LogP contribution in [-0.2, 0) is 6.54 Å². The zero-order valence-electron chi connectivity index (χ0n) is 12.0. The van der Waals surface area contributed by atoms with Crippen molar-refractivity contribution < 1.29 is 4.74 Å². The molecule has 0 saturated heterocycles. The Labute approximate surface area is 130 Å². The first-order chi connectivity index (χ1) is 9.70. The van der Waals surface area contributed by atoms with Gasteiger partial charge in [-0.3, -0.25) is 0 Å². The summed E-state index contributed by atoms with van der Waals surface area (Å²) in [6, 6.07) is 6.60. The van der Waals surface area contributed by atoms with Gasteiger partial charge in [-0.15, -0.1) is 6.42 Å². The molecule has 1 aliphatic carbocycles. The Bertz CT molecular complexity index is 474. The second-order valence-corrected chi connectivity index (χ2v) is 6.37. The molecule has 2 rings (SSSR count). The van der Waals surface area contributed by atoms with Crippen LogP contribution in [0.15, 0.2) is 22.7 Å². The summed E-state index contributed by atoms with van der Waals surface area (Å²) < 4.78 is 6.67. The van der Waals surface area contributed by atoms with E-state index in [1.54, 1.807) is 0 Å². The second kappa shape index (κ2) is 7.71. The van der Waals surface area contributed by atoms with E-state index in [0.29, 0.717) is 12.6 Å². The lowest BCUT2D eigenvalue weighted by atomic mass is 9.99. The Morgan fingerprint density at radius 2 is 2.20 bits per heavy atom. The first-order valence-electron chi connectivity index (χ1n) is 7.29. The highest BCUT2D eigenvalue weighted by Crippen LogP contribution is 2.28. The largest absolute Gasteiger partial charge is 0.481 e. The highest BCUT2D eigenvalue weighted by atomic mass is 79.9. The Morgan fingerprint density at radius 1 is 1.45 bits per heavy atom. The van der Waals surface area contributed by atoms with E-state index in [9.17, 15) is 0 Å². The molecule has 2 nitrogen and oxygen atoms in total. The molecule has 20 heavy (non-hydrogen) atoms. The van der Waals surface area contributed by atoms with Gasteiger partial charge in [-0.05, 0) is 43.9 Å². The molecule has 0 aromatic heterocycles. The summed E-state index contributed by atoms with van der Waals surface area (Å²) >= 11 is 3.51. The standard InChI is InChI=1S/C17H22BrNO/c1-3-10-20-17-9-8-16(18)11-15(17)12-19-13(2)14-6-4-5-7-14/h1,8-9,11,13-14,19H,4-7,10,12H2,2H3/t13-/m1/s1. The lowest BCUT2D eigenvalue weighted by molar-refractivity contribution is 0.354. The van der Waals surface area contributed by atoms with Gasteiger partial charge in [0.05, 0.1) is 0 Å². The molecule has 0 amide bonds. The quantitative estimate of drug-likeness (QED) is 0.789. The van der Waals surface area contributed by atoms with Gasteiger partial charge in [-0.2, -0.15) is 0 Å². The van der Waals surface area contributed by atoms with Crippen molar-refractivity contribution in [2.24, 2.45) is 5.92 Å². The van der Waals surface area contributed by atoms with Crippen molar-refractivity contribution in [3.05, 3.63) is 28.2 Å². The summed E-state index contributed by atoms with van der Waals surface area (Å²) in [5, 5.41) is 3.63. The minimum atomic E-state index is 0.312. The van der Waals surface area contributed by atoms with Crippen molar-refractivity contribution >= 4 is 15.9 Å². The molecule has 0 radical (unpaired) electrons. The molecule has 1 saturated carbocycles. The van der Waals surface area contributed by atoms with Crippen LogP contribution in [0.25, 0.3) is 0 Å². The number of hydrogen-bond donors (Lipinski definition) is 1. The number of halogens is 1. The number of rotatable bonds is 6. The average Bonchev–Trinajstić information content (AvgIpc) is 2.98. The maximum Gasteiger partial charge on any atom is 0.148 e. The third-order valence-electron chi connectivity index (χ3n) is 4.05. The summed E-state index contributed by atoms with van der Waals surface area (Å²) in [4.78, 5) is 0. The zero-order chi connectivity index (χ0) is 14.4. The molecule has 1 aromatic rings. The first kappa shape index (κ1) is 15.4. The van der Waals surface area contributed by atoms with Crippen LogP contribution in [-0.4, -0.2) is 12.6 Å². The van der Waals surface area contributed by atoms with E-state index in [1.165, 1.54) is 25.7 Å². The molecule has 0 unspecified atom stereocenters.